The van der Waals surface area contributed by atoms with Gasteiger partial charge in [-0.15, -0.1) is 0 Å². The first-order valence-corrected chi connectivity index (χ1v) is 8.77. The van der Waals surface area contributed by atoms with Gasteiger partial charge in [0.1, 0.15) is 0 Å². The van der Waals surface area contributed by atoms with E-state index in [2.05, 4.69) is 36.0 Å². The van der Waals surface area contributed by atoms with Gasteiger partial charge in [0.25, 0.3) is 0 Å². The molecule has 0 spiro atoms. The summed E-state index contributed by atoms with van der Waals surface area (Å²) < 4.78 is 59.8. The Labute approximate surface area is 130 Å². The van der Waals surface area contributed by atoms with Gasteiger partial charge >= 0.3 is 15.6 Å². The standard InChI is InChI=1S/C13H23N.CHF3O3S/c1-2-3-4-5-6-7-8-11-14-12-9-10-13-14;2-1(3,4)8(5,6)7/h9-10,12-13H,2-8,11H2,1H3;(H,5,6,7). The third-order valence-electron chi connectivity index (χ3n) is 2.98. The monoisotopic (exact) mass is 343 g/mol. The van der Waals surface area contributed by atoms with Crippen molar-refractivity contribution in [1.82, 2.24) is 4.57 Å². The maximum Gasteiger partial charge on any atom is 0.522 e. The van der Waals surface area contributed by atoms with Crippen LogP contribution in [0.15, 0.2) is 24.5 Å². The minimum atomic E-state index is -5.84. The highest BCUT2D eigenvalue weighted by atomic mass is 32.2. The predicted molar refractivity (Wildman–Crippen MR) is 80.0 cm³/mol. The molecule has 0 fully saturated rings. The zero-order valence-electron chi connectivity index (χ0n) is 12.7. The Morgan fingerprint density at radius 2 is 1.36 bits per heavy atom. The number of unbranched alkanes of at least 4 members (excludes halogenated alkanes) is 6. The number of halogens is 3. The van der Waals surface area contributed by atoms with Crippen LogP contribution in [0, 0.1) is 0 Å². The first-order valence-electron chi connectivity index (χ1n) is 7.33. The second kappa shape index (κ2) is 10.7. The first kappa shape index (κ1) is 21.0. The van der Waals surface area contributed by atoms with Crippen LogP contribution in [-0.4, -0.2) is 23.0 Å². The lowest BCUT2D eigenvalue weighted by atomic mass is 10.1. The molecule has 0 atom stereocenters. The van der Waals surface area contributed by atoms with Crippen LogP contribution in [0.25, 0.3) is 0 Å². The molecule has 1 rings (SSSR count). The van der Waals surface area contributed by atoms with Crippen LogP contribution in [0.4, 0.5) is 13.2 Å². The molecule has 0 radical (unpaired) electrons. The van der Waals surface area contributed by atoms with Crippen molar-refractivity contribution in [3.05, 3.63) is 24.5 Å². The molecule has 1 aromatic heterocycles. The van der Waals surface area contributed by atoms with Gasteiger partial charge < -0.3 is 4.57 Å². The van der Waals surface area contributed by atoms with Gasteiger partial charge in [0.15, 0.2) is 0 Å². The number of rotatable bonds is 8. The fourth-order valence-electron chi connectivity index (χ4n) is 1.77. The Morgan fingerprint density at radius 3 is 1.77 bits per heavy atom. The zero-order valence-corrected chi connectivity index (χ0v) is 13.5. The van der Waals surface area contributed by atoms with Gasteiger partial charge in [-0.3, -0.25) is 4.55 Å². The second-order valence-corrected chi connectivity index (χ2v) is 6.38. The van der Waals surface area contributed by atoms with Crippen LogP contribution >= 0.6 is 0 Å². The molecule has 0 unspecified atom stereocenters. The van der Waals surface area contributed by atoms with Gasteiger partial charge in [0, 0.05) is 18.9 Å². The highest BCUT2D eigenvalue weighted by Gasteiger charge is 2.44. The Balaban J connectivity index is 0.000000472. The topological polar surface area (TPSA) is 59.3 Å². The molecule has 0 amide bonds. The summed E-state index contributed by atoms with van der Waals surface area (Å²) in [6.45, 7) is 3.47. The van der Waals surface area contributed by atoms with Crippen molar-refractivity contribution < 1.29 is 26.1 Å². The quantitative estimate of drug-likeness (QED) is 0.425. The average Bonchev–Trinajstić information content (AvgIpc) is 2.89. The lowest BCUT2D eigenvalue weighted by molar-refractivity contribution is -0.0510. The van der Waals surface area contributed by atoms with E-state index in [9.17, 15) is 13.2 Å². The number of hydrogen-bond acceptors (Lipinski definition) is 2. The Hall–Kier alpha value is -1.02. The first-order chi connectivity index (χ1) is 10.2. The summed E-state index contributed by atoms with van der Waals surface area (Å²) in [5.74, 6) is 0. The summed E-state index contributed by atoms with van der Waals surface area (Å²) in [6.07, 6.45) is 14.1. The smallest absolute Gasteiger partial charge is 0.354 e. The largest absolute Gasteiger partial charge is 0.522 e. The number of hydrogen-bond donors (Lipinski definition) is 1. The summed E-state index contributed by atoms with van der Waals surface area (Å²) in [7, 11) is -5.84. The molecule has 1 N–H and O–H groups in total. The highest BCUT2D eigenvalue weighted by Crippen LogP contribution is 2.20. The summed E-state index contributed by atoms with van der Waals surface area (Å²) in [5, 5.41) is 0. The van der Waals surface area contributed by atoms with Crippen molar-refractivity contribution in [3.8, 4) is 0 Å². The molecule has 0 aliphatic carbocycles. The van der Waals surface area contributed by atoms with Crippen LogP contribution in [0.5, 0.6) is 0 Å². The van der Waals surface area contributed by atoms with Gasteiger partial charge in [-0.25, -0.2) is 0 Å². The Bertz CT molecular complexity index is 470. The summed E-state index contributed by atoms with van der Waals surface area (Å²) in [5.41, 5.74) is -5.53. The fraction of sp³-hybridized carbons (Fsp3) is 0.714. The van der Waals surface area contributed by atoms with E-state index in [4.69, 9.17) is 13.0 Å². The van der Waals surface area contributed by atoms with E-state index in [1.165, 1.54) is 51.5 Å². The van der Waals surface area contributed by atoms with Crippen LogP contribution in [0.2, 0.25) is 0 Å². The molecule has 0 saturated heterocycles. The van der Waals surface area contributed by atoms with Gasteiger partial charge in [0.05, 0.1) is 0 Å². The van der Waals surface area contributed by atoms with E-state index in [-0.39, 0.29) is 0 Å². The van der Waals surface area contributed by atoms with Crippen LogP contribution in [-0.2, 0) is 16.7 Å². The van der Waals surface area contributed by atoms with E-state index >= 15 is 0 Å². The van der Waals surface area contributed by atoms with Crippen LogP contribution in [0.1, 0.15) is 51.9 Å². The molecule has 1 heterocycles. The molecule has 0 aliphatic heterocycles. The summed E-state index contributed by atoms with van der Waals surface area (Å²) in [4.78, 5) is 0. The van der Waals surface area contributed by atoms with Crippen molar-refractivity contribution in [2.24, 2.45) is 0 Å². The number of nitrogens with zero attached hydrogens (tertiary/aromatic N) is 1. The van der Waals surface area contributed by atoms with Crippen LogP contribution < -0.4 is 0 Å². The van der Waals surface area contributed by atoms with Crippen molar-refractivity contribution in [3.63, 3.8) is 0 Å². The van der Waals surface area contributed by atoms with Crippen molar-refractivity contribution in [2.75, 3.05) is 0 Å². The van der Waals surface area contributed by atoms with E-state index < -0.39 is 15.6 Å². The minimum Gasteiger partial charge on any atom is -0.354 e. The third kappa shape index (κ3) is 10.7. The maximum atomic E-state index is 10.7. The van der Waals surface area contributed by atoms with Gasteiger partial charge in [-0.05, 0) is 18.6 Å². The molecular formula is C14H24F3NO3S. The lowest BCUT2D eigenvalue weighted by Gasteiger charge is -2.02. The molecule has 22 heavy (non-hydrogen) atoms. The second-order valence-electron chi connectivity index (χ2n) is 4.96. The van der Waals surface area contributed by atoms with Crippen molar-refractivity contribution in [1.29, 1.82) is 0 Å². The molecule has 1 aromatic rings. The maximum absolute atomic E-state index is 10.7. The molecule has 0 aliphatic rings. The van der Waals surface area contributed by atoms with Gasteiger partial charge in [-0.1, -0.05) is 45.4 Å². The Kier molecular flexibility index (Phi) is 10.2. The minimum absolute atomic E-state index is 1.20. The summed E-state index contributed by atoms with van der Waals surface area (Å²) >= 11 is 0. The van der Waals surface area contributed by atoms with Gasteiger partial charge in [0.2, 0.25) is 0 Å². The number of aromatic nitrogens is 1. The molecule has 0 aromatic carbocycles. The zero-order chi connectivity index (χ0) is 17.1. The SMILES string of the molecule is CCCCCCCCCn1cccc1.O=S(=O)(O)C(F)(F)F. The molecule has 0 saturated carbocycles. The van der Waals surface area contributed by atoms with Gasteiger partial charge in [-0.2, -0.15) is 21.6 Å². The molecular weight excluding hydrogens is 319 g/mol. The van der Waals surface area contributed by atoms with Crippen LogP contribution in [0.3, 0.4) is 0 Å². The summed E-state index contributed by atoms with van der Waals surface area (Å²) in [6, 6.07) is 4.20. The average molecular weight is 343 g/mol. The molecule has 130 valence electrons. The highest BCUT2D eigenvalue weighted by molar-refractivity contribution is 7.86. The molecule has 4 nitrogen and oxygen atoms in total. The van der Waals surface area contributed by atoms with Crippen molar-refractivity contribution in [2.45, 2.75) is 63.9 Å². The van der Waals surface area contributed by atoms with Crippen molar-refractivity contribution >= 4 is 10.1 Å². The Morgan fingerprint density at radius 1 is 0.955 bits per heavy atom. The molecule has 8 heteroatoms. The molecule has 0 bridgehead atoms. The third-order valence-corrected chi connectivity index (χ3v) is 3.56. The number of alkyl halides is 3. The van der Waals surface area contributed by atoms with E-state index in [0.29, 0.717) is 0 Å². The fourth-order valence-corrected chi connectivity index (χ4v) is 1.77. The van der Waals surface area contributed by atoms with E-state index in [0.717, 1.165) is 0 Å². The lowest BCUT2D eigenvalue weighted by Crippen LogP contribution is -2.21. The van der Waals surface area contributed by atoms with E-state index in [1.807, 2.05) is 0 Å². The normalized spacial score (nSPS) is 11.9. The number of aryl methyl sites for hydroxylation is 1. The predicted octanol–water partition coefficient (Wildman–Crippen LogP) is 4.63. The van der Waals surface area contributed by atoms with E-state index in [1.54, 1.807) is 0 Å².